The van der Waals surface area contributed by atoms with Gasteiger partial charge < -0.3 is 4.90 Å². The molecule has 0 saturated carbocycles. The third-order valence-corrected chi connectivity index (χ3v) is 3.21. The molecule has 1 fully saturated rings. The highest BCUT2D eigenvalue weighted by atomic mass is 16.1. The number of aromatic nitrogens is 1. The van der Waals surface area contributed by atoms with Gasteiger partial charge in [-0.15, -0.1) is 0 Å². The lowest BCUT2D eigenvalue weighted by Gasteiger charge is -2.18. The largest absolute Gasteiger partial charge is 0.361 e. The summed E-state index contributed by atoms with van der Waals surface area (Å²) in [6.07, 6.45) is 1.46. The van der Waals surface area contributed by atoms with E-state index in [1.165, 1.54) is 12.3 Å². The molecule has 7 heteroatoms. The number of pyridine rings is 1. The summed E-state index contributed by atoms with van der Waals surface area (Å²) in [6.45, 7) is 2.59. The molecule has 1 saturated heterocycles. The lowest BCUT2D eigenvalue weighted by Crippen LogP contribution is -2.26. The van der Waals surface area contributed by atoms with Crippen LogP contribution in [0.4, 0.5) is 0 Å². The zero-order valence-corrected chi connectivity index (χ0v) is 10.1. The molecule has 1 aromatic rings. The van der Waals surface area contributed by atoms with Gasteiger partial charge >= 0.3 is 0 Å². The number of ketones is 2. The van der Waals surface area contributed by atoms with E-state index in [2.05, 4.69) is 15.0 Å². The Morgan fingerprint density at radius 3 is 2.84 bits per heavy atom. The Labute approximate surface area is 108 Å². The number of azide groups is 1. The van der Waals surface area contributed by atoms with Crippen LogP contribution in [0.1, 0.15) is 27.8 Å². The Hall–Kier alpha value is -2.66. The first-order valence-electron chi connectivity index (χ1n) is 5.75. The number of hydrogen-bond donors (Lipinski definition) is 0. The average Bonchev–Trinajstić information content (AvgIpc) is 3.13. The van der Waals surface area contributed by atoms with Crippen LogP contribution >= 0.6 is 0 Å². The first-order chi connectivity index (χ1) is 9.15. The summed E-state index contributed by atoms with van der Waals surface area (Å²) in [6, 6.07) is 3.25. The summed E-state index contributed by atoms with van der Waals surface area (Å²) in [4.78, 5) is 33.0. The predicted molar refractivity (Wildman–Crippen MR) is 65.2 cm³/mol. The molecule has 19 heavy (non-hydrogen) atoms. The van der Waals surface area contributed by atoms with Crippen molar-refractivity contribution in [1.82, 2.24) is 9.88 Å². The average molecular weight is 255 g/mol. The van der Waals surface area contributed by atoms with Gasteiger partial charge in [-0.25, -0.2) is 0 Å². The van der Waals surface area contributed by atoms with E-state index in [0.717, 1.165) is 0 Å². The zero-order chi connectivity index (χ0) is 13.6. The minimum Gasteiger partial charge on any atom is -0.361 e. The Morgan fingerprint density at radius 2 is 2.21 bits per heavy atom. The molecule has 1 atom stereocenters. The van der Waals surface area contributed by atoms with Crippen molar-refractivity contribution in [3.8, 4) is 0 Å². The zero-order valence-electron chi connectivity index (χ0n) is 10.1. The molecule has 7 nitrogen and oxygen atoms in total. The summed E-state index contributed by atoms with van der Waals surface area (Å²) >= 11 is 0. The summed E-state index contributed by atoms with van der Waals surface area (Å²) in [7, 11) is 0. The minimum atomic E-state index is -0.449. The van der Waals surface area contributed by atoms with Gasteiger partial charge in [0, 0.05) is 23.7 Å². The van der Waals surface area contributed by atoms with Gasteiger partial charge in [-0.05, 0) is 24.6 Å². The van der Waals surface area contributed by atoms with Crippen LogP contribution < -0.4 is 0 Å². The Kier molecular flexibility index (Phi) is 2.36. The molecule has 1 aliphatic heterocycles. The van der Waals surface area contributed by atoms with Crippen LogP contribution in [0.3, 0.4) is 0 Å². The highest BCUT2D eigenvalue weighted by Gasteiger charge is 2.42. The van der Waals surface area contributed by atoms with Crippen LogP contribution in [0.25, 0.3) is 10.4 Å². The number of carbonyl (C=O) groups is 2. The number of fused-ring (bicyclic) bond motifs is 1. The van der Waals surface area contributed by atoms with Crippen molar-refractivity contribution in [3.05, 3.63) is 51.4 Å². The number of allylic oxidation sites excluding steroid dienone is 2. The molecule has 94 valence electrons. The van der Waals surface area contributed by atoms with E-state index in [-0.39, 0.29) is 34.5 Å². The van der Waals surface area contributed by atoms with Crippen LogP contribution in [0.5, 0.6) is 0 Å². The van der Waals surface area contributed by atoms with Gasteiger partial charge in [0.05, 0.1) is 5.56 Å². The quantitative estimate of drug-likeness (QED) is 0.347. The number of rotatable bonds is 2. The fraction of sp³-hybridized carbons (Fsp3) is 0.250. The van der Waals surface area contributed by atoms with Gasteiger partial charge in [0.25, 0.3) is 0 Å². The van der Waals surface area contributed by atoms with E-state index < -0.39 is 5.78 Å². The molecular formula is C12H9N5O2. The van der Waals surface area contributed by atoms with Crippen LogP contribution in [0, 0.1) is 0 Å². The van der Waals surface area contributed by atoms with Gasteiger partial charge in [0.1, 0.15) is 17.1 Å². The molecule has 0 bridgehead atoms. The molecule has 2 aliphatic rings. The molecule has 0 aromatic carbocycles. The minimum absolute atomic E-state index is 0.124. The van der Waals surface area contributed by atoms with Crippen molar-refractivity contribution in [3.63, 3.8) is 0 Å². The molecule has 3 rings (SSSR count). The van der Waals surface area contributed by atoms with Crippen molar-refractivity contribution in [2.24, 2.45) is 5.11 Å². The van der Waals surface area contributed by atoms with Crippen LogP contribution in [0.15, 0.2) is 34.8 Å². The van der Waals surface area contributed by atoms with E-state index in [0.29, 0.717) is 6.54 Å². The molecule has 0 amide bonds. The summed E-state index contributed by atoms with van der Waals surface area (Å²) in [5.74, 6) is -0.809. The fourth-order valence-corrected chi connectivity index (χ4v) is 2.18. The molecule has 0 spiro atoms. The molecular weight excluding hydrogens is 246 g/mol. The van der Waals surface area contributed by atoms with E-state index in [1.54, 1.807) is 11.0 Å². The first-order valence-corrected chi connectivity index (χ1v) is 5.75. The molecule has 1 aromatic heterocycles. The van der Waals surface area contributed by atoms with Crippen LogP contribution in [0.2, 0.25) is 0 Å². The number of carbonyl (C=O) groups excluding carboxylic acids is 2. The maximum atomic E-state index is 12.4. The van der Waals surface area contributed by atoms with Gasteiger partial charge in [0.15, 0.2) is 5.78 Å². The number of Topliss-reactive ketones (excluding diaryl/α,β-unsaturated/α-hetero) is 2. The van der Waals surface area contributed by atoms with E-state index >= 15 is 0 Å². The molecule has 1 unspecified atom stereocenters. The fourth-order valence-electron chi connectivity index (χ4n) is 2.18. The molecule has 0 N–H and O–H groups in total. The Bertz CT molecular complexity index is 687. The number of nitrogens with zero attached hydrogens (tertiary/aromatic N) is 5. The third kappa shape index (κ3) is 1.60. The van der Waals surface area contributed by atoms with Crippen molar-refractivity contribution in [1.29, 1.82) is 0 Å². The van der Waals surface area contributed by atoms with Crippen molar-refractivity contribution in [2.45, 2.75) is 13.0 Å². The van der Waals surface area contributed by atoms with Gasteiger partial charge in [0.2, 0.25) is 5.78 Å². The van der Waals surface area contributed by atoms with Gasteiger partial charge in [-0.2, -0.15) is 0 Å². The number of hydrogen-bond acceptors (Lipinski definition) is 5. The Morgan fingerprint density at radius 1 is 1.47 bits per heavy atom. The first kappa shape index (κ1) is 11.4. The van der Waals surface area contributed by atoms with Crippen molar-refractivity contribution >= 4 is 11.6 Å². The highest BCUT2D eigenvalue weighted by molar-refractivity contribution is 6.25. The second-order valence-corrected chi connectivity index (χ2v) is 4.45. The third-order valence-electron chi connectivity index (χ3n) is 3.21. The Balaban J connectivity index is 2.23. The molecule has 0 radical (unpaired) electrons. The normalized spacial score (nSPS) is 21.1. The van der Waals surface area contributed by atoms with E-state index in [4.69, 9.17) is 5.53 Å². The predicted octanol–water partition coefficient (Wildman–Crippen LogP) is 1.69. The maximum Gasteiger partial charge on any atom is 0.228 e. The van der Waals surface area contributed by atoms with E-state index in [9.17, 15) is 9.59 Å². The van der Waals surface area contributed by atoms with E-state index in [1.807, 2.05) is 6.92 Å². The molecule has 1 aliphatic carbocycles. The monoisotopic (exact) mass is 255 g/mol. The van der Waals surface area contributed by atoms with Gasteiger partial charge in [-0.1, -0.05) is 5.11 Å². The SMILES string of the molecule is CC1CN1C1=C(N=[N+]=[N-])C(=O)c2cccnc2C1=O. The summed E-state index contributed by atoms with van der Waals surface area (Å²) < 4.78 is 0. The lowest BCUT2D eigenvalue weighted by atomic mass is 9.94. The van der Waals surface area contributed by atoms with Crippen molar-refractivity contribution in [2.75, 3.05) is 6.54 Å². The van der Waals surface area contributed by atoms with Crippen LogP contribution in [-0.4, -0.2) is 34.0 Å². The van der Waals surface area contributed by atoms with Crippen LogP contribution in [-0.2, 0) is 0 Å². The second-order valence-electron chi connectivity index (χ2n) is 4.45. The summed E-state index contributed by atoms with van der Waals surface area (Å²) in [5.41, 5.74) is 8.94. The summed E-state index contributed by atoms with van der Waals surface area (Å²) in [5, 5.41) is 3.41. The smallest absolute Gasteiger partial charge is 0.228 e. The van der Waals surface area contributed by atoms with Crippen molar-refractivity contribution < 1.29 is 9.59 Å². The second kappa shape index (κ2) is 3.93. The lowest BCUT2D eigenvalue weighted by molar-refractivity contribution is 0.0954. The topological polar surface area (TPSA) is 98.8 Å². The maximum absolute atomic E-state index is 12.4. The molecule has 2 heterocycles. The highest BCUT2D eigenvalue weighted by Crippen LogP contribution is 2.34. The van der Waals surface area contributed by atoms with Gasteiger partial charge in [-0.3, -0.25) is 14.6 Å². The standard InChI is InChI=1S/C12H9N5O2/c1-6-5-17(6)10-9(15-16-13)11(18)7-3-2-4-14-8(7)12(10)19/h2-4,6H,5H2,1H3.